The molecular weight excluding hydrogens is 244 g/mol. The van der Waals surface area contributed by atoms with Crippen LogP contribution in [0.2, 0.25) is 0 Å². The van der Waals surface area contributed by atoms with Gasteiger partial charge in [0.2, 0.25) is 5.91 Å². The molecule has 0 saturated heterocycles. The molecule has 0 aliphatic rings. The average molecular weight is 256 g/mol. The number of carboxylic acids is 1. The molecule has 1 rings (SSSR count). The smallest absolute Gasteiger partial charge is 0.328 e. The van der Waals surface area contributed by atoms with Gasteiger partial charge in [0.05, 0.1) is 19.4 Å². The first-order chi connectivity index (χ1) is 8.54. The molecule has 8 heteroatoms. The minimum Gasteiger partial charge on any atom is -0.480 e. The second-order valence-electron chi connectivity index (χ2n) is 3.30. The van der Waals surface area contributed by atoms with E-state index < -0.39 is 37.0 Å². The van der Waals surface area contributed by atoms with Gasteiger partial charge < -0.3 is 25.3 Å². The van der Waals surface area contributed by atoms with E-state index in [1.54, 1.807) is 0 Å². The number of carbonyl (C=O) groups is 3. The highest BCUT2D eigenvalue weighted by atomic mass is 16.4. The van der Waals surface area contributed by atoms with Crippen molar-refractivity contribution in [1.82, 2.24) is 10.6 Å². The summed E-state index contributed by atoms with van der Waals surface area (Å²) in [6.07, 6.45) is 1.31. The lowest BCUT2D eigenvalue weighted by Crippen LogP contribution is -2.47. The fraction of sp³-hybridized carbons (Fsp3) is 0.300. The molecule has 1 atom stereocenters. The largest absolute Gasteiger partial charge is 0.480 e. The summed E-state index contributed by atoms with van der Waals surface area (Å²) in [5, 5.41) is 21.5. The van der Waals surface area contributed by atoms with Gasteiger partial charge in [0, 0.05) is 0 Å². The molecule has 2 amide bonds. The molecule has 0 aliphatic carbocycles. The van der Waals surface area contributed by atoms with Crippen LogP contribution in [0.4, 0.5) is 0 Å². The summed E-state index contributed by atoms with van der Waals surface area (Å²) in [6.45, 7) is -1.14. The number of furan rings is 1. The molecule has 0 fully saturated rings. The third-order valence-corrected chi connectivity index (χ3v) is 1.97. The van der Waals surface area contributed by atoms with E-state index in [4.69, 9.17) is 14.6 Å². The van der Waals surface area contributed by atoms with Gasteiger partial charge in [-0.2, -0.15) is 0 Å². The lowest BCUT2D eigenvalue weighted by Gasteiger charge is -2.11. The van der Waals surface area contributed by atoms with Gasteiger partial charge in [0.25, 0.3) is 5.91 Å². The summed E-state index contributed by atoms with van der Waals surface area (Å²) in [4.78, 5) is 33.1. The molecule has 0 unspecified atom stereocenters. The first-order valence-electron chi connectivity index (χ1n) is 4.99. The predicted molar refractivity (Wildman–Crippen MR) is 57.7 cm³/mol. The molecule has 0 radical (unpaired) electrons. The quantitative estimate of drug-likeness (QED) is 0.494. The molecule has 0 bridgehead atoms. The predicted octanol–water partition coefficient (Wildman–Crippen LogP) is -1.43. The number of carboxylic acid groups (broad SMARTS) is 1. The van der Waals surface area contributed by atoms with Crippen molar-refractivity contribution in [3.05, 3.63) is 24.2 Å². The normalized spacial score (nSPS) is 11.6. The lowest BCUT2D eigenvalue weighted by atomic mass is 10.3. The topological polar surface area (TPSA) is 129 Å². The fourth-order valence-electron chi connectivity index (χ4n) is 1.09. The van der Waals surface area contributed by atoms with Crippen LogP contribution >= 0.6 is 0 Å². The summed E-state index contributed by atoms with van der Waals surface area (Å²) in [5.41, 5.74) is 0. The van der Waals surface area contributed by atoms with Crippen molar-refractivity contribution < 1.29 is 29.0 Å². The van der Waals surface area contributed by atoms with E-state index in [0.717, 1.165) is 0 Å². The molecule has 0 aliphatic heterocycles. The van der Waals surface area contributed by atoms with Crippen molar-refractivity contribution >= 4 is 17.8 Å². The molecule has 0 spiro atoms. The monoisotopic (exact) mass is 256 g/mol. The first kappa shape index (κ1) is 13.7. The summed E-state index contributed by atoms with van der Waals surface area (Å²) in [5.74, 6) is -2.63. The number of carbonyl (C=O) groups excluding carboxylic acids is 2. The van der Waals surface area contributed by atoms with Gasteiger partial charge in [-0.25, -0.2) is 4.79 Å². The maximum atomic E-state index is 11.3. The molecule has 0 aromatic carbocycles. The van der Waals surface area contributed by atoms with Gasteiger partial charge in [-0.15, -0.1) is 0 Å². The van der Waals surface area contributed by atoms with E-state index in [-0.39, 0.29) is 5.76 Å². The van der Waals surface area contributed by atoms with Crippen LogP contribution in [0, 0.1) is 0 Å². The van der Waals surface area contributed by atoms with E-state index >= 15 is 0 Å². The Hall–Kier alpha value is -2.35. The van der Waals surface area contributed by atoms with E-state index in [2.05, 4.69) is 5.32 Å². The van der Waals surface area contributed by atoms with Crippen molar-refractivity contribution in [2.24, 2.45) is 0 Å². The number of amides is 2. The Kier molecular flexibility index (Phi) is 4.88. The van der Waals surface area contributed by atoms with Crippen LogP contribution in [0.5, 0.6) is 0 Å². The molecule has 1 heterocycles. The second-order valence-corrected chi connectivity index (χ2v) is 3.30. The van der Waals surface area contributed by atoms with Gasteiger partial charge in [0.1, 0.15) is 6.04 Å². The second kappa shape index (κ2) is 6.40. The highest BCUT2D eigenvalue weighted by molar-refractivity contribution is 5.94. The molecule has 98 valence electrons. The number of rotatable bonds is 6. The Balaban J connectivity index is 2.37. The number of aliphatic hydroxyl groups is 1. The molecular formula is C10H12N2O6. The van der Waals surface area contributed by atoms with Crippen molar-refractivity contribution in [1.29, 1.82) is 0 Å². The number of hydrogen-bond donors (Lipinski definition) is 4. The SMILES string of the molecule is O=C(CNC(=O)c1ccco1)N[C@@H](CO)C(=O)O. The van der Waals surface area contributed by atoms with E-state index in [0.29, 0.717) is 0 Å². The molecule has 18 heavy (non-hydrogen) atoms. The maximum Gasteiger partial charge on any atom is 0.328 e. The highest BCUT2D eigenvalue weighted by Gasteiger charge is 2.19. The van der Waals surface area contributed by atoms with Crippen LogP contribution in [0.25, 0.3) is 0 Å². The Morgan fingerprint density at radius 3 is 2.61 bits per heavy atom. The highest BCUT2D eigenvalue weighted by Crippen LogP contribution is 1.98. The van der Waals surface area contributed by atoms with Crippen LogP contribution in [-0.2, 0) is 9.59 Å². The van der Waals surface area contributed by atoms with Crippen LogP contribution in [0.3, 0.4) is 0 Å². The standard InChI is InChI=1S/C10H12N2O6/c13-5-6(10(16)17)12-8(14)4-11-9(15)7-2-1-3-18-7/h1-3,6,13H,4-5H2,(H,11,15)(H,12,14)(H,16,17)/t6-/m0/s1. The van der Waals surface area contributed by atoms with Crippen molar-refractivity contribution in [2.45, 2.75) is 6.04 Å². The van der Waals surface area contributed by atoms with Crippen LogP contribution < -0.4 is 10.6 Å². The van der Waals surface area contributed by atoms with Gasteiger partial charge in [-0.3, -0.25) is 9.59 Å². The minimum atomic E-state index is -1.39. The van der Waals surface area contributed by atoms with Crippen molar-refractivity contribution in [3.63, 3.8) is 0 Å². The van der Waals surface area contributed by atoms with Crippen LogP contribution in [0.1, 0.15) is 10.6 Å². The molecule has 4 N–H and O–H groups in total. The Bertz CT molecular complexity index is 428. The molecule has 1 aromatic rings. The molecule has 8 nitrogen and oxygen atoms in total. The Labute approximate surface area is 102 Å². The maximum absolute atomic E-state index is 11.3. The Morgan fingerprint density at radius 2 is 2.11 bits per heavy atom. The van der Waals surface area contributed by atoms with Gasteiger partial charge in [0.15, 0.2) is 5.76 Å². The first-order valence-corrected chi connectivity index (χ1v) is 4.99. The third-order valence-electron chi connectivity index (χ3n) is 1.97. The van der Waals surface area contributed by atoms with Crippen molar-refractivity contribution in [3.8, 4) is 0 Å². The van der Waals surface area contributed by atoms with Gasteiger partial charge in [-0.1, -0.05) is 0 Å². The number of aliphatic carboxylic acids is 1. The number of aliphatic hydroxyl groups excluding tert-OH is 1. The van der Waals surface area contributed by atoms with E-state index in [9.17, 15) is 14.4 Å². The summed E-state index contributed by atoms with van der Waals surface area (Å²) >= 11 is 0. The summed E-state index contributed by atoms with van der Waals surface area (Å²) in [7, 11) is 0. The fourth-order valence-corrected chi connectivity index (χ4v) is 1.09. The van der Waals surface area contributed by atoms with Gasteiger partial charge >= 0.3 is 5.97 Å². The van der Waals surface area contributed by atoms with E-state index in [1.165, 1.54) is 18.4 Å². The Morgan fingerprint density at radius 1 is 1.39 bits per heavy atom. The summed E-state index contributed by atoms with van der Waals surface area (Å²) < 4.78 is 4.79. The average Bonchev–Trinajstić information content (AvgIpc) is 2.86. The number of hydrogen-bond acceptors (Lipinski definition) is 5. The summed E-state index contributed by atoms with van der Waals surface area (Å²) in [6, 6.07) is 1.54. The molecule has 0 saturated carbocycles. The number of nitrogens with one attached hydrogen (secondary N) is 2. The van der Waals surface area contributed by atoms with E-state index in [1.807, 2.05) is 5.32 Å². The lowest BCUT2D eigenvalue weighted by molar-refractivity contribution is -0.142. The van der Waals surface area contributed by atoms with Gasteiger partial charge in [-0.05, 0) is 12.1 Å². The zero-order valence-electron chi connectivity index (χ0n) is 9.25. The molecule has 1 aromatic heterocycles. The third kappa shape index (κ3) is 3.91. The van der Waals surface area contributed by atoms with Crippen molar-refractivity contribution in [2.75, 3.05) is 13.2 Å². The minimum absolute atomic E-state index is 0.0414. The van der Waals surface area contributed by atoms with Crippen LogP contribution in [-0.4, -0.2) is 47.2 Å². The zero-order valence-corrected chi connectivity index (χ0v) is 9.25. The van der Waals surface area contributed by atoms with Crippen LogP contribution in [0.15, 0.2) is 22.8 Å². The zero-order chi connectivity index (χ0) is 13.5.